The molecule has 0 unspecified atom stereocenters. The van der Waals surface area contributed by atoms with Gasteiger partial charge >= 0.3 is 0 Å². The summed E-state index contributed by atoms with van der Waals surface area (Å²) in [7, 11) is 2.10. The minimum atomic E-state index is -0.446. The zero-order valence-corrected chi connectivity index (χ0v) is 11.2. The van der Waals surface area contributed by atoms with Gasteiger partial charge in [-0.15, -0.1) is 0 Å². The molecule has 19 heavy (non-hydrogen) atoms. The van der Waals surface area contributed by atoms with Crippen molar-refractivity contribution in [3.05, 3.63) is 29.6 Å². The molecule has 1 saturated heterocycles. The van der Waals surface area contributed by atoms with Crippen LogP contribution in [-0.4, -0.2) is 37.5 Å². The number of hydrogen-bond acceptors (Lipinski definition) is 3. The Labute approximate surface area is 112 Å². The number of halogens is 1. The smallest absolute Gasteiger partial charge is 0.253 e. The molecule has 0 spiro atoms. The van der Waals surface area contributed by atoms with Gasteiger partial charge in [-0.3, -0.25) is 4.79 Å². The van der Waals surface area contributed by atoms with Crippen LogP contribution in [0.25, 0.3) is 0 Å². The van der Waals surface area contributed by atoms with Gasteiger partial charge in [0.15, 0.2) is 0 Å². The third-order valence-electron chi connectivity index (χ3n) is 3.65. The minimum absolute atomic E-state index is 0.216. The third-order valence-corrected chi connectivity index (χ3v) is 3.65. The van der Waals surface area contributed by atoms with Crippen LogP contribution < -0.4 is 11.1 Å². The Morgan fingerprint density at radius 2 is 2.16 bits per heavy atom. The number of hydrogen-bond donors (Lipinski definition) is 2. The van der Waals surface area contributed by atoms with E-state index in [1.165, 1.54) is 18.2 Å². The van der Waals surface area contributed by atoms with Crippen LogP contribution in [0.15, 0.2) is 18.2 Å². The molecule has 4 nitrogen and oxygen atoms in total. The molecule has 1 aromatic rings. The van der Waals surface area contributed by atoms with E-state index < -0.39 is 5.82 Å². The van der Waals surface area contributed by atoms with Gasteiger partial charge in [0, 0.05) is 12.2 Å². The average molecular weight is 265 g/mol. The molecule has 0 saturated carbocycles. The molecule has 1 aromatic carbocycles. The van der Waals surface area contributed by atoms with Gasteiger partial charge in [0.2, 0.25) is 0 Å². The van der Waals surface area contributed by atoms with E-state index in [2.05, 4.69) is 17.3 Å². The maximum absolute atomic E-state index is 13.1. The van der Waals surface area contributed by atoms with Crippen LogP contribution in [0.3, 0.4) is 0 Å². The van der Waals surface area contributed by atoms with E-state index in [1.807, 2.05) is 0 Å². The van der Waals surface area contributed by atoms with Crippen molar-refractivity contribution in [3.63, 3.8) is 0 Å². The van der Waals surface area contributed by atoms with Crippen LogP contribution in [0.2, 0.25) is 0 Å². The number of anilines is 1. The van der Waals surface area contributed by atoms with Crippen molar-refractivity contribution in [2.75, 3.05) is 32.4 Å². The Balaban J connectivity index is 1.89. The highest BCUT2D eigenvalue weighted by Crippen LogP contribution is 2.16. The number of nitrogens with zero attached hydrogens (tertiary/aromatic N) is 1. The molecule has 1 aliphatic heterocycles. The van der Waals surface area contributed by atoms with Crippen LogP contribution in [0, 0.1) is 11.7 Å². The lowest BCUT2D eigenvalue weighted by atomic mass is 9.97. The lowest BCUT2D eigenvalue weighted by Crippen LogP contribution is -2.37. The Bertz CT molecular complexity index is 456. The molecule has 1 amide bonds. The topological polar surface area (TPSA) is 58.4 Å². The first-order chi connectivity index (χ1) is 9.06. The second-order valence-corrected chi connectivity index (χ2v) is 5.19. The minimum Gasteiger partial charge on any atom is -0.398 e. The van der Waals surface area contributed by atoms with Gasteiger partial charge < -0.3 is 16.0 Å². The van der Waals surface area contributed by atoms with Gasteiger partial charge in [-0.2, -0.15) is 0 Å². The molecule has 2 rings (SSSR count). The predicted molar refractivity (Wildman–Crippen MR) is 73.4 cm³/mol. The summed E-state index contributed by atoms with van der Waals surface area (Å²) in [5.41, 5.74) is 6.21. The van der Waals surface area contributed by atoms with Crippen LogP contribution >= 0.6 is 0 Å². The summed E-state index contributed by atoms with van der Waals surface area (Å²) < 4.78 is 13.1. The Morgan fingerprint density at radius 3 is 2.84 bits per heavy atom. The molecule has 0 bridgehead atoms. The number of likely N-dealkylation sites (tertiary alicyclic amines) is 1. The van der Waals surface area contributed by atoms with E-state index in [0.29, 0.717) is 18.2 Å². The maximum atomic E-state index is 13.1. The lowest BCUT2D eigenvalue weighted by molar-refractivity contribution is 0.0939. The molecule has 0 atom stereocenters. The quantitative estimate of drug-likeness (QED) is 0.814. The highest BCUT2D eigenvalue weighted by Gasteiger charge is 2.18. The SMILES string of the molecule is CN1CCC(CNC(=O)c2cc(F)ccc2N)CC1. The molecule has 104 valence electrons. The average Bonchev–Trinajstić information content (AvgIpc) is 2.40. The van der Waals surface area contributed by atoms with Crippen molar-refractivity contribution in [3.8, 4) is 0 Å². The van der Waals surface area contributed by atoms with Crippen molar-refractivity contribution in [2.24, 2.45) is 5.92 Å². The monoisotopic (exact) mass is 265 g/mol. The molecule has 0 aliphatic carbocycles. The molecule has 1 fully saturated rings. The zero-order chi connectivity index (χ0) is 13.8. The summed E-state index contributed by atoms with van der Waals surface area (Å²) in [6.45, 7) is 2.74. The first-order valence-electron chi connectivity index (χ1n) is 6.58. The van der Waals surface area contributed by atoms with Gasteiger partial charge in [0.25, 0.3) is 5.91 Å². The number of benzene rings is 1. The molecule has 0 radical (unpaired) electrons. The van der Waals surface area contributed by atoms with E-state index in [-0.39, 0.29) is 11.5 Å². The molecule has 1 heterocycles. The molecule has 0 aromatic heterocycles. The predicted octanol–water partition coefficient (Wildman–Crippen LogP) is 1.48. The van der Waals surface area contributed by atoms with Crippen LogP contribution in [0.4, 0.5) is 10.1 Å². The Morgan fingerprint density at radius 1 is 1.47 bits per heavy atom. The summed E-state index contributed by atoms with van der Waals surface area (Å²) in [6, 6.07) is 3.85. The number of carbonyl (C=O) groups is 1. The second kappa shape index (κ2) is 6.02. The molecular weight excluding hydrogens is 245 g/mol. The summed E-state index contributed by atoms with van der Waals surface area (Å²) >= 11 is 0. The van der Waals surface area contributed by atoms with Gasteiger partial charge in [0.05, 0.1) is 5.56 Å². The fraction of sp³-hybridized carbons (Fsp3) is 0.500. The highest BCUT2D eigenvalue weighted by molar-refractivity contribution is 5.99. The maximum Gasteiger partial charge on any atom is 0.253 e. The van der Waals surface area contributed by atoms with Crippen molar-refractivity contribution < 1.29 is 9.18 Å². The van der Waals surface area contributed by atoms with Gasteiger partial charge in [-0.1, -0.05) is 0 Å². The van der Waals surface area contributed by atoms with Crippen molar-refractivity contribution in [1.29, 1.82) is 0 Å². The lowest BCUT2D eigenvalue weighted by Gasteiger charge is -2.28. The summed E-state index contributed by atoms with van der Waals surface area (Å²) in [5.74, 6) is -0.246. The van der Waals surface area contributed by atoms with Crippen molar-refractivity contribution in [2.45, 2.75) is 12.8 Å². The van der Waals surface area contributed by atoms with Crippen LogP contribution in [0.5, 0.6) is 0 Å². The second-order valence-electron chi connectivity index (χ2n) is 5.19. The standard InChI is InChI=1S/C14H20FN3O/c1-18-6-4-10(5-7-18)9-17-14(19)12-8-11(15)2-3-13(12)16/h2-3,8,10H,4-7,9,16H2,1H3,(H,17,19). The van der Waals surface area contributed by atoms with Gasteiger partial charge in [0.1, 0.15) is 5.82 Å². The van der Waals surface area contributed by atoms with Crippen molar-refractivity contribution in [1.82, 2.24) is 10.2 Å². The largest absolute Gasteiger partial charge is 0.398 e. The van der Waals surface area contributed by atoms with E-state index in [9.17, 15) is 9.18 Å². The number of nitrogens with two attached hydrogens (primary N) is 1. The summed E-state index contributed by atoms with van der Waals surface area (Å²) in [6.07, 6.45) is 2.16. The number of nitrogens with one attached hydrogen (secondary N) is 1. The summed E-state index contributed by atoms with van der Waals surface area (Å²) in [4.78, 5) is 14.2. The Hall–Kier alpha value is -1.62. The van der Waals surface area contributed by atoms with Gasteiger partial charge in [-0.25, -0.2) is 4.39 Å². The van der Waals surface area contributed by atoms with E-state index in [0.717, 1.165) is 25.9 Å². The number of rotatable bonds is 3. The zero-order valence-electron chi connectivity index (χ0n) is 11.2. The number of piperidine rings is 1. The first kappa shape index (κ1) is 13.8. The number of carbonyl (C=O) groups excluding carboxylic acids is 1. The normalized spacial score (nSPS) is 17.4. The fourth-order valence-corrected chi connectivity index (χ4v) is 2.32. The van der Waals surface area contributed by atoms with Crippen LogP contribution in [-0.2, 0) is 0 Å². The first-order valence-corrected chi connectivity index (χ1v) is 6.58. The summed E-state index contributed by atoms with van der Waals surface area (Å²) in [5, 5.41) is 2.85. The molecule has 5 heteroatoms. The Kier molecular flexibility index (Phi) is 4.37. The van der Waals surface area contributed by atoms with E-state index in [4.69, 9.17) is 5.73 Å². The number of amides is 1. The van der Waals surface area contributed by atoms with E-state index >= 15 is 0 Å². The van der Waals surface area contributed by atoms with Crippen molar-refractivity contribution >= 4 is 11.6 Å². The third kappa shape index (κ3) is 3.67. The highest BCUT2D eigenvalue weighted by atomic mass is 19.1. The fourth-order valence-electron chi connectivity index (χ4n) is 2.32. The molecule has 1 aliphatic rings. The van der Waals surface area contributed by atoms with E-state index in [1.54, 1.807) is 0 Å². The molecule has 3 N–H and O–H groups in total. The van der Waals surface area contributed by atoms with Crippen LogP contribution in [0.1, 0.15) is 23.2 Å². The number of nitrogen functional groups attached to an aromatic ring is 1. The molecular formula is C14H20FN3O. The van der Waals surface area contributed by atoms with Gasteiger partial charge in [-0.05, 0) is 57.1 Å².